The number of morpholine rings is 1. The van der Waals surface area contributed by atoms with Crippen molar-refractivity contribution in [1.82, 2.24) is 9.62 Å². The fourth-order valence-electron chi connectivity index (χ4n) is 3.02. The van der Waals surface area contributed by atoms with E-state index >= 15 is 0 Å². The Morgan fingerprint density at radius 2 is 1.86 bits per heavy atom. The molecule has 1 fully saturated rings. The lowest BCUT2D eigenvalue weighted by atomic mass is 10.0. The summed E-state index contributed by atoms with van der Waals surface area (Å²) in [7, 11) is -3.78. The van der Waals surface area contributed by atoms with E-state index in [1.807, 2.05) is 37.3 Å². The van der Waals surface area contributed by atoms with Crippen LogP contribution in [0.4, 0.5) is 0 Å². The fourth-order valence-corrected chi connectivity index (χ4v) is 4.92. The molecule has 1 saturated heterocycles. The lowest BCUT2D eigenvalue weighted by Crippen LogP contribution is -2.40. The number of amides is 1. The number of carbonyl (C=O) groups is 1. The minimum absolute atomic E-state index is 0.0557. The molecule has 8 heteroatoms. The zero-order valence-electron chi connectivity index (χ0n) is 15.6. The van der Waals surface area contributed by atoms with E-state index < -0.39 is 10.0 Å². The summed E-state index contributed by atoms with van der Waals surface area (Å²) >= 11 is 6.14. The average Bonchev–Trinajstić information content (AvgIpc) is 2.73. The van der Waals surface area contributed by atoms with E-state index in [-0.39, 0.29) is 40.4 Å². The topological polar surface area (TPSA) is 75.7 Å². The van der Waals surface area contributed by atoms with Gasteiger partial charge in [-0.15, -0.1) is 0 Å². The van der Waals surface area contributed by atoms with Crippen LogP contribution in [0, 0.1) is 0 Å². The molecule has 0 bridgehead atoms. The van der Waals surface area contributed by atoms with Gasteiger partial charge in [0.15, 0.2) is 0 Å². The Hall–Kier alpha value is -1.93. The summed E-state index contributed by atoms with van der Waals surface area (Å²) in [4.78, 5) is 12.5. The summed E-state index contributed by atoms with van der Waals surface area (Å²) in [6.45, 7) is 3.68. The third kappa shape index (κ3) is 4.72. The summed E-state index contributed by atoms with van der Waals surface area (Å²) in [6.07, 6.45) is 0. The van der Waals surface area contributed by atoms with E-state index in [1.165, 1.54) is 22.5 Å². The highest BCUT2D eigenvalue weighted by Gasteiger charge is 2.29. The summed E-state index contributed by atoms with van der Waals surface area (Å²) < 4.78 is 32.3. The first-order chi connectivity index (χ1) is 13.4. The van der Waals surface area contributed by atoms with Gasteiger partial charge in [-0.2, -0.15) is 4.31 Å². The Morgan fingerprint density at radius 1 is 1.18 bits per heavy atom. The standard InChI is InChI=1S/C20H23ClN2O4S/c1-15(16-5-3-2-4-6-16)14-22-20(24)17-7-8-18(21)19(13-17)28(25,26)23-9-11-27-12-10-23/h2-8,13,15H,9-12,14H2,1H3,(H,22,24)/t15-/m1/s1. The molecule has 1 amide bonds. The van der Waals surface area contributed by atoms with Gasteiger partial charge >= 0.3 is 0 Å². The van der Waals surface area contributed by atoms with Crippen LogP contribution in [0.2, 0.25) is 5.02 Å². The molecule has 1 aliphatic rings. The summed E-state index contributed by atoms with van der Waals surface area (Å²) in [6, 6.07) is 14.2. The lowest BCUT2D eigenvalue weighted by molar-refractivity contribution is 0.0730. The van der Waals surface area contributed by atoms with Crippen LogP contribution in [0.5, 0.6) is 0 Å². The molecule has 1 atom stereocenters. The van der Waals surface area contributed by atoms with Crippen LogP contribution in [0.25, 0.3) is 0 Å². The van der Waals surface area contributed by atoms with Crippen LogP contribution in [-0.4, -0.2) is 51.5 Å². The van der Waals surface area contributed by atoms with Crippen molar-refractivity contribution in [3.05, 3.63) is 64.7 Å². The number of nitrogens with one attached hydrogen (secondary N) is 1. The molecule has 0 spiro atoms. The van der Waals surface area contributed by atoms with Gasteiger partial charge in [0.25, 0.3) is 5.91 Å². The maximum atomic E-state index is 12.9. The summed E-state index contributed by atoms with van der Waals surface area (Å²) in [5.41, 5.74) is 1.38. The number of halogens is 1. The van der Waals surface area contributed by atoms with Crippen molar-refractivity contribution in [2.75, 3.05) is 32.8 Å². The average molecular weight is 423 g/mol. The molecular formula is C20H23ClN2O4S. The normalized spacial score (nSPS) is 16.5. The first-order valence-corrected chi connectivity index (χ1v) is 10.9. The molecule has 6 nitrogen and oxygen atoms in total. The molecule has 1 aliphatic heterocycles. The Kier molecular flexibility index (Phi) is 6.72. The Bertz CT molecular complexity index is 928. The minimum atomic E-state index is -3.78. The van der Waals surface area contributed by atoms with E-state index in [0.29, 0.717) is 19.8 Å². The second-order valence-electron chi connectivity index (χ2n) is 6.68. The Morgan fingerprint density at radius 3 is 2.54 bits per heavy atom. The Balaban J connectivity index is 1.74. The molecular weight excluding hydrogens is 400 g/mol. The van der Waals surface area contributed by atoms with Crippen molar-refractivity contribution >= 4 is 27.5 Å². The van der Waals surface area contributed by atoms with Crippen molar-refractivity contribution in [3.63, 3.8) is 0 Å². The molecule has 0 aliphatic carbocycles. The molecule has 0 radical (unpaired) electrons. The monoisotopic (exact) mass is 422 g/mol. The number of rotatable bonds is 6. The second-order valence-corrected chi connectivity index (χ2v) is 9.00. The van der Waals surface area contributed by atoms with Gasteiger partial charge in [-0.25, -0.2) is 8.42 Å². The summed E-state index contributed by atoms with van der Waals surface area (Å²) in [5, 5.41) is 2.96. The molecule has 0 aromatic heterocycles. The van der Waals surface area contributed by atoms with Crippen LogP contribution in [0.1, 0.15) is 28.8 Å². The first-order valence-electron chi connectivity index (χ1n) is 9.10. The van der Waals surface area contributed by atoms with Gasteiger partial charge in [0, 0.05) is 25.2 Å². The van der Waals surface area contributed by atoms with Gasteiger partial charge in [0.05, 0.1) is 18.2 Å². The van der Waals surface area contributed by atoms with Crippen molar-refractivity contribution in [2.45, 2.75) is 17.7 Å². The molecule has 150 valence electrons. The number of ether oxygens (including phenoxy) is 1. The Labute approximate surface area is 170 Å². The van der Waals surface area contributed by atoms with E-state index in [4.69, 9.17) is 16.3 Å². The zero-order valence-corrected chi connectivity index (χ0v) is 17.2. The van der Waals surface area contributed by atoms with E-state index in [1.54, 1.807) is 0 Å². The predicted octanol–water partition coefficient (Wildman–Crippen LogP) is 2.89. The van der Waals surface area contributed by atoms with E-state index in [9.17, 15) is 13.2 Å². The van der Waals surface area contributed by atoms with Crippen molar-refractivity contribution in [3.8, 4) is 0 Å². The van der Waals surface area contributed by atoms with Gasteiger partial charge in [-0.1, -0.05) is 48.9 Å². The molecule has 1 heterocycles. The molecule has 1 N–H and O–H groups in total. The number of hydrogen-bond acceptors (Lipinski definition) is 4. The van der Waals surface area contributed by atoms with Crippen molar-refractivity contribution < 1.29 is 17.9 Å². The number of benzene rings is 2. The van der Waals surface area contributed by atoms with Crippen LogP contribution in [0.15, 0.2) is 53.4 Å². The number of nitrogens with zero attached hydrogens (tertiary/aromatic N) is 1. The van der Waals surface area contributed by atoms with Crippen LogP contribution in [0.3, 0.4) is 0 Å². The van der Waals surface area contributed by atoms with Gasteiger partial charge < -0.3 is 10.1 Å². The minimum Gasteiger partial charge on any atom is -0.379 e. The second kappa shape index (κ2) is 9.05. The van der Waals surface area contributed by atoms with E-state index in [2.05, 4.69) is 5.32 Å². The highest BCUT2D eigenvalue weighted by molar-refractivity contribution is 7.89. The molecule has 28 heavy (non-hydrogen) atoms. The first kappa shape index (κ1) is 20.8. The zero-order chi connectivity index (χ0) is 20.1. The molecule has 2 aromatic rings. The van der Waals surface area contributed by atoms with Crippen LogP contribution >= 0.6 is 11.6 Å². The third-order valence-corrected chi connectivity index (χ3v) is 7.10. The largest absolute Gasteiger partial charge is 0.379 e. The SMILES string of the molecule is C[C@H](CNC(=O)c1ccc(Cl)c(S(=O)(=O)N2CCOCC2)c1)c1ccccc1. The maximum absolute atomic E-state index is 12.9. The van der Waals surface area contributed by atoms with Crippen LogP contribution < -0.4 is 5.32 Å². The highest BCUT2D eigenvalue weighted by atomic mass is 35.5. The third-order valence-electron chi connectivity index (χ3n) is 4.72. The predicted molar refractivity (Wildman–Crippen MR) is 108 cm³/mol. The lowest BCUT2D eigenvalue weighted by Gasteiger charge is -2.26. The van der Waals surface area contributed by atoms with Crippen molar-refractivity contribution in [1.29, 1.82) is 0 Å². The molecule has 0 unspecified atom stereocenters. The van der Waals surface area contributed by atoms with Gasteiger partial charge in [0.2, 0.25) is 10.0 Å². The number of hydrogen-bond donors (Lipinski definition) is 1. The molecule has 2 aromatic carbocycles. The molecule has 0 saturated carbocycles. The van der Waals surface area contributed by atoms with Gasteiger partial charge in [0.1, 0.15) is 4.90 Å². The van der Waals surface area contributed by atoms with Gasteiger partial charge in [-0.05, 0) is 29.7 Å². The fraction of sp³-hybridized carbons (Fsp3) is 0.350. The quantitative estimate of drug-likeness (QED) is 0.776. The highest BCUT2D eigenvalue weighted by Crippen LogP contribution is 2.26. The summed E-state index contributed by atoms with van der Waals surface area (Å²) in [5.74, 6) is -0.202. The van der Waals surface area contributed by atoms with Crippen molar-refractivity contribution in [2.24, 2.45) is 0 Å². The number of sulfonamides is 1. The number of carbonyl (C=O) groups excluding carboxylic acids is 1. The van der Waals surface area contributed by atoms with E-state index in [0.717, 1.165) is 5.56 Å². The van der Waals surface area contributed by atoms with Crippen LogP contribution in [-0.2, 0) is 14.8 Å². The maximum Gasteiger partial charge on any atom is 0.251 e. The van der Waals surface area contributed by atoms with Gasteiger partial charge in [-0.3, -0.25) is 4.79 Å². The smallest absolute Gasteiger partial charge is 0.251 e. The molecule has 3 rings (SSSR count).